The maximum Gasteiger partial charge on any atom is 0.335 e. The first-order valence-electron chi connectivity index (χ1n) is 11.6. The molecule has 0 atom stereocenters. The van der Waals surface area contributed by atoms with Gasteiger partial charge in [-0.15, -0.1) is 0 Å². The van der Waals surface area contributed by atoms with Crippen LogP contribution in [0.5, 0.6) is 0 Å². The van der Waals surface area contributed by atoms with Gasteiger partial charge in [-0.2, -0.15) is 0 Å². The van der Waals surface area contributed by atoms with Gasteiger partial charge in [0.15, 0.2) is 0 Å². The molecule has 0 fully saturated rings. The number of rotatable bonds is 14. The van der Waals surface area contributed by atoms with E-state index in [1.54, 1.807) is 12.1 Å². The summed E-state index contributed by atoms with van der Waals surface area (Å²) in [6.07, 6.45) is 20.1. The third-order valence-corrected chi connectivity index (χ3v) is 5.34. The van der Waals surface area contributed by atoms with Crippen LogP contribution in [0.2, 0.25) is 0 Å². The first kappa shape index (κ1) is 26.0. The average Bonchev–Trinajstić information content (AvgIpc) is 3.17. The van der Waals surface area contributed by atoms with Crippen LogP contribution in [0.15, 0.2) is 36.7 Å². The van der Waals surface area contributed by atoms with Crippen molar-refractivity contribution in [2.75, 3.05) is 20.3 Å². The van der Waals surface area contributed by atoms with Gasteiger partial charge in [0.1, 0.15) is 0 Å². The lowest BCUT2D eigenvalue weighted by molar-refractivity contribution is 0.0696. The predicted octanol–water partition coefficient (Wildman–Crippen LogP) is 5.85. The number of carbonyl (C=O) groups is 1. The van der Waals surface area contributed by atoms with E-state index in [1.807, 2.05) is 0 Å². The Bertz CT molecular complexity index is 604. The number of aliphatic hydroxyl groups is 1. The van der Waals surface area contributed by atoms with Gasteiger partial charge in [0.05, 0.1) is 18.8 Å². The quantitative estimate of drug-likeness (QED) is 0.371. The number of benzene rings is 1. The molecule has 0 spiro atoms. The summed E-state index contributed by atoms with van der Waals surface area (Å²) < 4.78 is 0. The minimum atomic E-state index is -0.972. The van der Waals surface area contributed by atoms with Gasteiger partial charge in [-0.25, -0.2) is 4.79 Å². The van der Waals surface area contributed by atoms with Gasteiger partial charge >= 0.3 is 5.97 Å². The molecule has 0 radical (unpaired) electrons. The highest BCUT2D eigenvalue weighted by Gasteiger charge is 2.06. The summed E-state index contributed by atoms with van der Waals surface area (Å²) in [5.41, 5.74) is 0.821. The lowest BCUT2D eigenvalue weighted by Crippen LogP contribution is -2.23. The van der Waals surface area contributed by atoms with Crippen LogP contribution in [0.4, 0.5) is 0 Å². The molecule has 1 aliphatic heterocycles. The third-order valence-electron chi connectivity index (χ3n) is 5.34. The first-order valence-corrected chi connectivity index (χ1v) is 11.6. The molecule has 0 aliphatic carbocycles. The van der Waals surface area contributed by atoms with E-state index in [4.69, 9.17) is 10.2 Å². The highest BCUT2D eigenvalue weighted by atomic mass is 16.4. The number of hydrogen-bond acceptors (Lipinski definition) is 4. The van der Waals surface area contributed by atoms with Gasteiger partial charge in [0, 0.05) is 26.0 Å². The molecule has 2 rings (SSSR count). The summed E-state index contributed by atoms with van der Waals surface area (Å²) >= 11 is 0. The molecule has 0 aromatic heterocycles. The fourth-order valence-corrected chi connectivity index (χ4v) is 3.52. The second-order valence-electron chi connectivity index (χ2n) is 8.21. The van der Waals surface area contributed by atoms with Crippen LogP contribution in [-0.2, 0) is 6.61 Å². The van der Waals surface area contributed by atoms with Crippen molar-refractivity contribution in [3.63, 3.8) is 0 Å². The van der Waals surface area contributed by atoms with Crippen molar-refractivity contribution in [1.29, 1.82) is 0 Å². The summed E-state index contributed by atoms with van der Waals surface area (Å²) in [7, 11) is 2.14. The molecule has 0 bridgehead atoms. The van der Waals surface area contributed by atoms with E-state index in [2.05, 4.69) is 36.2 Å². The Morgan fingerprint density at radius 3 is 2.03 bits per heavy atom. The molecule has 0 saturated heterocycles. The molecule has 170 valence electrons. The SMILES string of the molecule is CCCCCCCCCCCCCN1C=CN(C)C1.O=C(O)c1cccc(CO)c1. The Labute approximate surface area is 183 Å². The molecule has 1 heterocycles. The summed E-state index contributed by atoms with van der Waals surface area (Å²) in [5, 5.41) is 17.2. The molecule has 0 unspecified atom stereocenters. The fraction of sp³-hybridized carbons (Fsp3) is 0.640. The molecule has 1 aromatic rings. The van der Waals surface area contributed by atoms with Crippen LogP contribution < -0.4 is 0 Å². The molecule has 5 nitrogen and oxygen atoms in total. The molecule has 0 saturated carbocycles. The van der Waals surface area contributed by atoms with Crippen LogP contribution in [0.3, 0.4) is 0 Å². The number of carboxylic acids is 1. The zero-order valence-corrected chi connectivity index (χ0v) is 19.1. The molecule has 5 heteroatoms. The maximum atomic E-state index is 10.4. The topological polar surface area (TPSA) is 64.0 Å². The van der Waals surface area contributed by atoms with E-state index in [0.29, 0.717) is 5.56 Å². The number of aromatic carboxylic acids is 1. The van der Waals surface area contributed by atoms with Gasteiger partial charge in [-0.1, -0.05) is 83.3 Å². The van der Waals surface area contributed by atoms with Crippen molar-refractivity contribution in [1.82, 2.24) is 9.80 Å². The average molecular weight is 419 g/mol. The monoisotopic (exact) mass is 418 g/mol. The van der Waals surface area contributed by atoms with E-state index < -0.39 is 5.97 Å². The second kappa shape index (κ2) is 16.8. The largest absolute Gasteiger partial charge is 0.478 e. The summed E-state index contributed by atoms with van der Waals surface area (Å²) in [4.78, 5) is 15.0. The van der Waals surface area contributed by atoms with E-state index in [1.165, 1.54) is 89.3 Å². The minimum Gasteiger partial charge on any atom is -0.478 e. The highest BCUT2D eigenvalue weighted by Crippen LogP contribution is 2.12. The Balaban J connectivity index is 0.000000346. The van der Waals surface area contributed by atoms with Crippen molar-refractivity contribution >= 4 is 5.97 Å². The summed E-state index contributed by atoms with van der Waals surface area (Å²) in [6.45, 7) is 4.48. The predicted molar refractivity (Wildman–Crippen MR) is 124 cm³/mol. The van der Waals surface area contributed by atoms with Crippen molar-refractivity contribution in [3.8, 4) is 0 Å². The van der Waals surface area contributed by atoms with Crippen molar-refractivity contribution in [2.45, 2.75) is 84.2 Å². The van der Waals surface area contributed by atoms with Gasteiger partial charge < -0.3 is 20.0 Å². The first-order chi connectivity index (χ1) is 14.6. The van der Waals surface area contributed by atoms with E-state index >= 15 is 0 Å². The minimum absolute atomic E-state index is 0.124. The number of nitrogens with zero attached hydrogens (tertiary/aromatic N) is 2. The number of aliphatic hydroxyl groups excluding tert-OH is 1. The Kier molecular flexibility index (Phi) is 14.5. The maximum absolute atomic E-state index is 10.4. The molecular weight excluding hydrogens is 376 g/mol. The zero-order valence-electron chi connectivity index (χ0n) is 19.1. The van der Waals surface area contributed by atoms with Gasteiger partial charge in [0.25, 0.3) is 0 Å². The molecular formula is C25H42N2O3. The number of carboxylic acid groups (broad SMARTS) is 1. The van der Waals surface area contributed by atoms with Gasteiger partial charge in [-0.3, -0.25) is 0 Å². The standard InChI is InChI=1S/C17H34N2.C8H8O3/c1-3-4-5-6-7-8-9-10-11-12-13-14-19-16-15-18(2)17-19;9-5-6-2-1-3-7(4-6)8(10)11/h15-16H,3-14,17H2,1-2H3;1-4,9H,5H2,(H,10,11). The lowest BCUT2D eigenvalue weighted by Gasteiger charge is -2.17. The fourth-order valence-electron chi connectivity index (χ4n) is 3.52. The highest BCUT2D eigenvalue weighted by molar-refractivity contribution is 5.87. The number of unbranched alkanes of at least 4 members (excludes halogenated alkanes) is 10. The Morgan fingerprint density at radius 2 is 1.53 bits per heavy atom. The molecule has 30 heavy (non-hydrogen) atoms. The van der Waals surface area contributed by atoms with E-state index in [9.17, 15) is 4.79 Å². The Hall–Kier alpha value is -2.01. The van der Waals surface area contributed by atoms with Crippen LogP contribution in [-0.4, -0.2) is 46.2 Å². The number of hydrogen-bond donors (Lipinski definition) is 2. The van der Waals surface area contributed by atoms with Crippen molar-refractivity contribution < 1.29 is 15.0 Å². The second-order valence-corrected chi connectivity index (χ2v) is 8.21. The smallest absolute Gasteiger partial charge is 0.335 e. The Morgan fingerprint density at radius 1 is 0.933 bits per heavy atom. The summed E-state index contributed by atoms with van der Waals surface area (Å²) in [6, 6.07) is 6.21. The molecule has 1 aliphatic rings. The van der Waals surface area contributed by atoms with Crippen LogP contribution in [0, 0.1) is 0 Å². The third kappa shape index (κ3) is 12.5. The molecule has 2 N–H and O–H groups in total. The van der Waals surface area contributed by atoms with E-state index in [-0.39, 0.29) is 12.2 Å². The normalized spacial score (nSPS) is 12.8. The van der Waals surface area contributed by atoms with E-state index in [0.717, 1.165) is 6.67 Å². The van der Waals surface area contributed by atoms with Crippen LogP contribution in [0.1, 0.15) is 93.5 Å². The van der Waals surface area contributed by atoms with Crippen molar-refractivity contribution in [2.24, 2.45) is 0 Å². The summed E-state index contributed by atoms with van der Waals surface area (Å²) in [5.74, 6) is -0.972. The molecule has 1 aromatic carbocycles. The zero-order chi connectivity index (χ0) is 22.0. The van der Waals surface area contributed by atoms with Crippen LogP contribution in [0.25, 0.3) is 0 Å². The van der Waals surface area contributed by atoms with Crippen LogP contribution >= 0.6 is 0 Å². The molecule has 0 amide bonds. The lowest BCUT2D eigenvalue weighted by atomic mass is 10.1. The van der Waals surface area contributed by atoms with Gasteiger partial charge in [-0.05, 0) is 24.1 Å². The van der Waals surface area contributed by atoms with Crippen molar-refractivity contribution in [3.05, 3.63) is 47.8 Å². The van der Waals surface area contributed by atoms with Gasteiger partial charge in [0.2, 0.25) is 0 Å².